The van der Waals surface area contributed by atoms with Crippen molar-refractivity contribution in [3.8, 4) is 0 Å². The van der Waals surface area contributed by atoms with Crippen LogP contribution < -0.4 is 5.32 Å². The van der Waals surface area contributed by atoms with Crippen molar-refractivity contribution in [2.75, 3.05) is 13.1 Å². The minimum atomic E-state index is -0.00207. The highest BCUT2D eigenvalue weighted by Crippen LogP contribution is 2.29. The van der Waals surface area contributed by atoms with Gasteiger partial charge in [0.05, 0.1) is 12.1 Å². The molecule has 0 bridgehead atoms. The van der Waals surface area contributed by atoms with E-state index in [1.54, 1.807) is 11.3 Å². The van der Waals surface area contributed by atoms with Crippen LogP contribution in [0.4, 0.5) is 0 Å². The summed E-state index contributed by atoms with van der Waals surface area (Å²) in [6, 6.07) is 0.150. The highest BCUT2D eigenvalue weighted by Gasteiger charge is 2.33. The third-order valence-corrected chi connectivity index (χ3v) is 4.30. The van der Waals surface area contributed by atoms with Crippen molar-refractivity contribution in [3.63, 3.8) is 0 Å². The van der Waals surface area contributed by atoms with E-state index in [1.165, 1.54) is 0 Å². The zero-order chi connectivity index (χ0) is 13.0. The molecule has 1 N–H and O–H groups in total. The maximum atomic E-state index is 12.5. The Morgan fingerprint density at radius 1 is 1.61 bits per heavy atom. The Kier molecular flexibility index (Phi) is 4.72. The second-order valence-electron chi connectivity index (χ2n) is 4.58. The first-order valence-corrected chi connectivity index (χ1v) is 7.59. The maximum Gasteiger partial charge on any atom is 0.240 e. The quantitative estimate of drug-likeness (QED) is 0.889. The molecule has 0 aliphatic carbocycles. The van der Waals surface area contributed by atoms with Gasteiger partial charge in [0.1, 0.15) is 5.01 Å². The van der Waals surface area contributed by atoms with Gasteiger partial charge in [-0.25, -0.2) is 4.98 Å². The summed E-state index contributed by atoms with van der Waals surface area (Å²) in [6.07, 6.45) is 4.78. The summed E-state index contributed by atoms with van der Waals surface area (Å²) in [7, 11) is 0. The molecule has 0 radical (unpaired) electrons. The molecule has 5 heteroatoms. The molecular weight excluding hydrogens is 246 g/mol. The van der Waals surface area contributed by atoms with Gasteiger partial charge in [0.25, 0.3) is 0 Å². The molecule has 1 aromatic heterocycles. The van der Waals surface area contributed by atoms with Gasteiger partial charge >= 0.3 is 0 Å². The van der Waals surface area contributed by atoms with Crippen molar-refractivity contribution in [1.82, 2.24) is 15.2 Å². The van der Waals surface area contributed by atoms with Gasteiger partial charge in [0, 0.05) is 18.1 Å². The smallest absolute Gasteiger partial charge is 0.240 e. The predicted molar refractivity (Wildman–Crippen MR) is 73.6 cm³/mol. The third kappa shape index (κ3) is 2.72. The molecule has 0 aromatic carbocycles. The summed E-state index contributed by atoms with van der Waals surface area (Å²) in [5.41, 5.74) is 0. The topological polar surface area (TPSA) is 45.2 Å². The van der Waals surface area contributed by atoms with Gasteiger partial charge in [-0.15, -0.1) is 11.3 Å². The van der Waals surface area contributed by atoms with Crippen LogP contribution in [-0.4, -0.2) is 34.9 Å². The van der Waals surface area contributed by atoms with Crippen molar-refractivity contribution in [3.05, 3.63) is 16.6 Å². The zero-order valence-corrected chi connectivity index (χ0v) is 11.9. The first-order valence-electron chi connectivity index (χ1n) is 6.71. The first-order chi connectivity index (χ1) is 8.77. The van der Waals surface area contributed by atoms with Gasteiger partial charge in [-0.05, 0) is 25.8 Å². The summed E-state index contributed by atoms with van der Waals surface area (Å²) in [4.78, 5) is 18.8. The van der Waals surface area contributed by atoms with Crippen LogP contribution >= 0.6 is 11.3 Å². The lowest BCUT2D eigenvalue weighted by Gasteiger charge is -2.37. The highest BCUT2D eigenvalue weighted by atomic mass is 32.1. The molecule has 2 atom stereocenters. The molecule has 18 heavy (non-hydrogen) atoms. The Balaban J connectivity index is 2.12. The standard InChI is InChI=1S/C13H21N3OS/c1-3-11(12-15-7-9-18-12)16-8-5-6-10(13(16)17)14-4-2/h7,9-11,14H,3-6,8H2,1-2H3. The van der Waals surface area contributed by atoms with Crippen LogP contribution in [0.25, 0.3) is 0 Å². The summed E-state index contributed by atoms with van der Waals surface area (Å²) in [5, 5.41) is 6.32. The molecule has 1 aromatic rings. The minimum Gasteiger partial charge on any atom is -0.332 e. The fourth-order valence-electron chi connectivity index (χ4n) is 2.57. The Morgan fingerprint density at radius 3 is 3.06 bits per heavy atom. The van der Waals surface area contributed by atoms with E-state index in [4.69, 9.17) is 0 Å². The number of piperidine rings is 1. The van der Waals surface area contributed by atoms with Crippen molar-refractivity contribution < 1.29 is 4.79 Å². The summed E-state index contributed by atoms with van der Waals surface area (Å²) in [5.74, 6) is 0.241. The summed E-state index contributed by atoms with van der Waals surface area (Å²) < 4.78 is 0. The number of thiazole rings is 1. The molecule has 100 valence electrons. The fourth-order valence-corrected chi connectivity index (χ4v) is 3.41. The van der Waals surface area contributed by atoms with E-state index in [0.29, 0.717) is 0 Å². The molecule has 0 spiro atoms. The number of carbonyl (C=O) groups excluding carboxylic acids is 1. The van der Waals surface area contributed by atoms with Crippen LogP contribution in [0.15, 0.2) is 11.6 Å². The van der Waals surface area contributed by atoms with E-state index in [2.05, 4.69) is 17.2 Å². The predicted octanol–water partition coefficient (Wildman–Crippen LogP) is 2.19. The SMILES string of the molecule is CCNC1CCCN(C(CC)c2nccs2)C1=O. The van der Waals surface area contributed by atoms with Crippen molar-refractivity contribution in [2.24, 2.45) is 0 Å². The number of rotatable bonds is 5. The van der Waals surface area contributed by atoms with Crippen LogP contribution in [0.3, 0.4) is 0 Å². The van der Waals surface area contributed by atoms with Gasteiger partial charge in [-0.1, -0.05) is 13.8 Å². The zero-order valence-electron chi connectivity index (χ0n) is 11.1. The molecule has 2 rings (SSSR count). The molecule has 1 saturated heterocycles. The molecule has 1 fully saturated rings. The number of aromatic nitrogens is 1. The number of carbonyl (C=O) groups is 1. The van der Waals surface area contributed by atoms with Crippen LogP contribution in [0.5, 0.6) is 0 Å². The highest BCUT2D eigenvalue weighted by molar-refractivity contribution is 7.09. The van der Waals surface area contributed by atoms with Gasteiger partial charge in [0.2, 0.25) is 5.91 Å². The largest absolute Gasteiger partial charge is 0.332 e. The lowest BCUT2D eigenvalue weighted by molar-refractivity contribution is -0.138. The molecule has 0 saturated carbocycles. The molecule has 1 aliphatic heterocycles. The molecule has 2 heterocycles. The monoisotopic (exact) mass is 267 g/mol. The number of nitrogens with zero attached hydrogens (tertiary/aromatic N) is 2. The number of hydrogen-bond donors (Lipinski definition) is 1. The molecule has 1 amide bonds. The first kappa shape index (κ1) is 13.5. The summed E-state index contributed by atoms with van der Waals surface area (Å²) in [6.45, 7) is 5.87. The van der Waals surface area contributed by atoms with E-state index >= 15 is 0 Å². The van der Waals surface area contributed by atoms with Crippen molar-refractivity contribution >= 4 is 17.2 Å². The van der Waals surface area contributed by atoms with Crippen molar-refractivity contribution in [1.29, 1.82) is 0 Å². The molecule has 1 aliphatic rings. The second kappa shape index (κ2) is 6.29. The Hall–Kier alpha value is -0.940. The van der Waals surface area contributed by atoms with Crippen LogP contribution in [0.1, 0.15) is 44.2 Å². The Morgan fingerprint density at radius 2 is 2.44 bits per heavy atom. The molecule has 4 nitrogen and oxygen atoms in total. The van der Waals surface area contributed by atoms with Gasteiger partial charge in [-0.2, -0.15) is 0 Å². The van der Waals surface area contributed by atoms with Gasteiger partial charge < -0.3 is 10.2 Å². The van der Waals surface area contributed by atoms with E-state index in [-0.39, 0.29) is 18.0 Å². The van der Waals surface area contributed by atoms with E-state index in [0.717, 1.165) is 37.4 Å². The number of amides is 1. The number of nitrogens with one attached hydrogen (secondary N) is 1. The maximum absolute atomic E-state index is 12.5. The lowest BCUT2D eigenvalue weighted by atomic mass is 10.0. The van der Waals surface area contributed by atoms with Crippen LogP contribution in [-0.2, 0) is 4.79 Å². The van der Waals surface area contributed by atoms with Gasteiger partial charge in [0.15, 0.2) is 0 Å². The van der Waals surface area contributed by atoms with E-state index in [1.807, 2.05) is 23.4 Å². The minimum absolute atomic E-state index is 0.00207. The number of likely N-dealkylation sites (tertiary alicyclic amines) is 1. The average molecular weight is 267 g/mol. The third-order valence-electron chi connectivity index (χ3n) is 3.42. The molecular formula is C13H21N3OS. The van der Waals surface area contributed by atoms with Crippen LogP contribution in [0, 0.1) is 0 Å². The Labute approximate surface area is 112 Å². The normalized spacial score (nSPS) is 22.2. The van der Waals surface area contributed by atoms with Crippen LogP contribution in [0.2, 0.25) is 0 Å². The second-order valence-corrected chi connectivity index (χ2v) is 5.50. The van der Waals surface area contributed by atoms with Gasteiger partial charge in [-0.3, -0.25) is 4.79 Å². The Bertz CT molecular complexity index is 378. The average Bonchev–Trinajstić information content (AvgIpc) is 2.89. The van der Waals surface area contributed by atoms with E-state index < -0.39 is 0 Å². The van der Waals surface area contributed by atoms with E-state index in [9.17, 15) is 4.79 Å². The fraction of sp³-hybridized carbons (Fsp3) is 0.692. The number of likely N-dealkylation sites (N-methyl/N-ethyl adjacent to an activating group) is 1. The van der Waals surface area contributed by atoms with Crippen molar-refractivity contribution in [2.45, 2.75) is 45.2 Å². The summed E-state index contributed by atoms with van der Waals surface area (Å²) >= 11 is 1.64. The lowest BCUT2D eigenvalue weighted by Crippen LogP contribution is -2.51. The number of hydrogen-bond acceptors (Lipinski definition) is 4. The molecule has 2 unspecified atom stereocenters.